The number of amides is 1. The van der Waals surface area contributed by atoms with Gasteiger partial charge >= 0.3 is 5.97 Å². The fourth-order valence-corrected chi connectivity index (χ4v) is 3.60. The molecular formula is C17H18N2O7S. The average molecular weight is 394 g/mol. The highest BCUT2D eigenvalue weighted by atomic mass is 32.2. The van der Waals surface area contributed by atoms with Crippen LogP contribution in [0.25, 0.3) is 0 Å². The minimum atomic E-state index is -3.76. The quantitative estimate of drug-likeness (QED) is 0.738. The van der Waals surface area contributed by atoms with Crippen LogP contribution in [0.15, 0.2) is 52.0 Å². The zero-order chi connectivity index (χ0) is 19.4. The van der Waals surface area contributed by atoms with Gasteiger partial charge in [0, 0.05) is 12.1 Å². The number of carboxylic acid groups (broad SMARTS) is 1. The van der Waals surface area contributed by atoms with E-state index < -0.39 is 22.1 Å². The first-order valence-electron chi connectivity index (χ1n) is 8.12. The number of nitrogens with one attached hydrogen (secondary N) is 1. The molecule has 1 atom stereocenters. The molecule has 1 aromatic carbocycles. The Bertz CT molecular complexity index is 907. The largest absolute Gasteiger partial charge is 0.479 e. The zero-order valence-electron chi connectivity index (χ0n) is 14.2. The molecule has 2 heterocycles. The number of furan rings is 1. The number of hydrogen-bond donors (Lipinski definition) is 2. The maximum atomic E-state index is 12.5. The number of nitrogens with zero attached hydrogens (tertiary/aromatic N) is 1. The molecule has 2 N–H and O–H groups in total. The monoisotopic (exact) mass is 394 g/mol. The highest BCUT2D eigenvalue weighted by Crippen LogP contribution is 2.15. The maximum Gasteiger partial charge on any atom is 0.334 e. The number of sulfonamides is 1. The van der Waals surface area contributed by atoms with Crippen molar-refractivity contribution >= 4 is 21.9 Å². The lowest BCUT2D eigenvalue weighted by Crippen LogP contribution is -2.48. The van der Waals surface area contributed by atoms with Gasteiger partial charge in [-0.15, -0.1) is 0 Å². The Kier molecular flexibility index (Phi) is 5.59. The smallest absolute Gasteiger partial charge is 0.334 e. The molecule has 2 aromatic rings. The zero-order valence-corrected chi connectivity index (χ0v) is 15.0. The van der Waals surface area contributed by atoms with Crippen molar-refractivity contribution < 1.29 is 32.3 Å². The van der Waals surface area contributed by atoms with Gasteiger partial charge in [0.2, 0.25) is 10.0 Å². The number of carbonyl (C=O) groups excluding carboxylic acids is 1. The number of benzene rings is 1. The molecule has 1 fully saturated rings. The average Bonchev–Trinajstić information content (AvgIpc) is 3.20. The Morgan fingerprint density at radius 3 is 2.59 bits per heavy atom. The van der Waals surface area contributed by atoms with E-state index in [1.54, 1.807) is 12.1 Å². The molecule has 1 aliphatic rings. The highest BCUT2D eigenvalue weighted by Gasteiger charge is 2.29. The lowest BCUT2D eigenvalue weighted by atomic mass is 10.1. The minimum absolute atomic E-state index is 0.0102. The molecule has 1 amide bonds. The fourth-order valence-electron chi connectivity index (χ4n) is 2.61. The van der Waals surface area contributed by atoms with Gasteiger partial charge in [0.05, 0.1) is 30.9 Å². The molecule has 3 rings (SSSR count). The van der Waals surface area contributed by atoms with Gasteiger partial charge in [-0.1, -0.05) is 0 Å². The van der Waals surface area contributed by atoms with Crippen LogP contribution in [-0.2, 0) is 26.1 Å². The van der Waals surface area contributed by atoms with Crippen molar-refractivity contribution in [3.63, 3.8) is 0 Å². The van der Waals surface area contributed by atoms with Gasteiger partial charge in [0.25, 0.3) is 5.91 Å². The molecule has 0 spiro atoms. The second kappa shape index (κ2) is 7.91. The third-order valence-corrected chi connectivity index (χ3v) is 5.47. The summed E-state index contributed by atoms with van der Waals surface area (Å²) in [5.41, 5.74) is 0.269. The molecule has 27 heavy (non-hydrogen) atoms. The molecule has 1 aromatic heterocycles. The van der Waals surface area contributed by atoms with Crippen LogP contribution in [0, 0.1) is 0 Å². The summed E-state index contributed by atoms with van der Waals surface area (Å²) < 4.78 is 37.2. The van der Waals surface area contributed by atoms with Gasteiger partial charge in [0.15, 0.2) is 6.10 Å². The van der Waals surface area contributed by atoms with Crippen molar-refractivity contribution in [3.8, 4) is 0 Å². The fraction of sp³-hybridized carbons (Fsp3) is 0.294. The number of carbonyl (C=O) groups is 2. The van der Waals surface area contributed by atoms with Crippen molar-refractivity contribution in [2.24, 2.45) is 0 Å². The molecule has 1 unspecified atom stereocenters. The molecule has 10 heteroatoms. The topological polar surface area (TPSA) is 126 Å². The normalized spacial score (nSPS) is 17.6. The van der Waals surface area contributed by atoms with Crippen LogP contribution in [0.2, 0.25) is 0 Å². The first-order valence-corrected chi connectivity index (χ1v) is 9.61. The van der Waals surface area contributed by atoms with Crippen molar-refractivity contribution in [2.75, 3.05) is 19.7 Å². The number of aliphatic carboxylic acids is 1. The summed E-state index contributed by atoms with van der Waals surface area (Å²) in [5.74, 6) is -1.03. The summed E-state index contributed by atoms with van der Waals surface area (Å²) in [6.45, 7) is 0.360. The summed E-state index contributed by atoms with van der Waals surface area (Å²) in [6.07, 6.45) is 0.387. The molecule has 1 aliphatic heterocycles. The molecule has 9 nitrogen and oxygen atoms in total. The number of hydrogen-bond acceptors (Lipinski definition) is 6. The Labute approximate surface area is 155 Å². The van der Waals surface area contributed by atoms with Crippen LogP contribution in [0.1, 0.15) is 16.1 Å². The summed E-state index contributed by atoms with van der Waals surface area (Å²) in [5, 5.41) is 9.01. The van der Waals surface area contributed by atoms with Crippen LogP contribution in [-0.4, -0.2) is 56.1 Å². The van der Waals surface area contributed by atoms with Crippen molar-refractivity contribution in [3.05, 3.63) is 54.0 Å². The first kappa shape index (κ1) is 19.1. The Balaban J connectivity index is 1.67. The molecule has 0 saturated carbocycles. The molecule has 144 valence electrons. The van der Waals surface area contributed by atoms with Crippen LogP contribution in [0.4, 0.5) is 0 Å². The van der Waals surface area contributed by atoms with Gasteiger partial charge in [-0.3, -0.25) is 4.79 Å². The van der Waals surface area contributed by atoms with E-state index in [1.807, 2.05) is 0 Å². The Morgan fingerprint density at radius 1 is 1.22 bits per heavy atom. The SMILES string of the molecule is O=C(O)C1CN(C(=O)c2ccc(S(=O)(=O)NCc3ccco3)cc2)CCO1. The van der Waals surface area contributed by atoms with E-state index in [1.165, 1.54) is 35.4 Å². The van der Waals surface area contributed by atoms with E-state index in [0.29, 0.717) is 5.76 Å². The van der Waals surface area contributed by atoms with Gasteiger partial charge in [-0.25, -0.2) is 17.9 Å². The molecular weight excluding hydrogens is 376 g/mol. The van der Waals surface area contributed by atoms with Gasteiger partial charge < -0.3 is 19.2 Å². The van der Waals surface area contributed by atoms with E-state index in [9.17, 15) is 18.0 Å². The van der Waals surface area contributed by atoms with Crippen molar-refractivity contribution in [1.29, 1.82) is 0 Å². The molecule has 0 radical (unpaired) electrons. The highest BCUT2D eigenvalue weighted by molar-refractivity contribution is 7.89. The second-order valence-corrected chi connectivity index (χ2v) is 7.64. The van der Waals surface area contributed by atoms with Crippen molar-refractivity contribution in [2.45, 2.75) is 17.5 Å². The molecule has 0 bridgehead atoms. The summed E-state index contributed by atoms with van der Waals surface area (Å²) in [7, 11) is -3.76. The predicted molar refractivity (Wildman–Crippen MR) is 92.5 cm³/mol. The van der Waals surface area contributed by atoms with Crippen LogP contribution in [0.3, 0.4) is 0 Å². The second-order valence-electron chi connectivity index (χ2n) is 5.88. The lowest BCUT2D eigenvalue weighted by Gasteiger charge is -2.30. The van der Waals surface area contributed by atoms with E-state index in [-0.39, 0.29) is 42.6 Å². The standard InChI is InChI=1S/C17H18N2O7S/c20-16(19-7-9-26-15(11-19)17(21)22)12-3-5-14(6-4-12)27(23,24)18-10-13-2-1-8-25-13/h1-6,8,15,18H,7,9-11H2,(H,21,22). The Hall–Kier alpha value is -2.69. The van der Waals surface area contributed by atoms with E-state index in [2.05, 4.69) is 4.72 Å². The maximum absolute atomic E-state index is 12.5. The van der Waals surface area contributed by atoms with Crippen LogP contribution in [0.5, 0.6) is 0 Å². The van der Waals surface area contributed by atoms with Gasteiger partial charge in [-0.2, -0.15) is 0 Å². The van der Waals surface area contributed by atoms with E-state index >= 15 is 0 Å². The predicted octanol–water partition coefficient (Wildman–Crippen LogP) is 0.684. The minimum Gasteiger partial charge on any atom is -0.479 e. The number of carboxylic acids is 1. The number of morpholine rings is 1. The number of ether oxygens (including phenoxy) is 1. The summed E-state index contributed by atoms with van der Waals surface area (Å²) in [6, 6.07) is 8.76. The van der Waals surface area contributed by atoms with E-state index in [4.69, 9.17) is 14.3 Å². The summed E-state index contributed by atoms with van der Waals surface area (Å²) >= 11 is 0. The van der Waals surface area contributed by atoms with Crippen molar-refractivity contribution in [1.82, 2.24) is 9.62 Å². The third kappa shape index (κ3) is 4.54. The van der Waals surface area contributed by atoms with Crippen LogP contribution >= 0.6 is 0 Å². The van der Waals surface area contributed by atoms with Crippen LogP contribution < -0.4 is 4.72 Å². The first-order chi connectivity index (χ1) is 12.9. The number of rotatable bonds is 6. The Morgan fingerprint density at radius 2 is 1.96 bits per heavy atom. The van der Waals surface area contributed by atoms with E-state index in [0.717, 1.165) is 0 Å². The van der Waals surface area contributed by atoms with Gasteiger partial charge in [0.1, 0.15) is 5.76 Å². The van der Waals surface area contributed by atoms with Gasteiger partial charge in [-0.05, 0) is 36.4 Å². The summed E-state index contributed by atoms with van der Waals surface area (Å²) in [4.78, 5) is 24.9. The molecule has 1 saturated heterocycles. The lowest BCUT2D eigenvalue weighted by molar-refractivity contribution is -0.154. The molecule has 0 aliphatic carbocycles. The third-order valence-electron chi connectivity index (χ3n) is 4.06.